The van der Waals surface area contributed by atoms with E-state index in [-0.39, 0.29) is 5.91 Å². The number of aliphatic carboxylic acids is 1. The van der Waals surface area contributed by atoms with Gasteiger partial charge in [0.1, 0.15) is 0 Å². The summed E-state index contributed by atoms with van der Waals surface area (Å²) in [6.07, 6.45) is 1.81. The van der Waals surface area contributed by atoms with Gasteiger partial charge in [-0.15, -0.1) is 0 Å². The average Bonchev–Trinajstić information content (AvgIpc) is 3.07. The molecular weight excluding hydrogens is 304 g/mol. The first-order chi connectivity index (χ1) is 11.6. The number of fused-ring (bicyclic) bond motifs is 1. The minimum Gasteiger partial charge on any atom is -0.481 e. The van der Waals surface area contributed by atoms with Crippen LogP contribution in [0.1, 0.15) is 28.9 Å². The number of carboxylic acid groups (broad SMARTS) is 1. The normalized spacial score (nSPS) is 13.4. The predicted molar refractivity (Wildman–Crippen MR) is 91.7 cm³/mol. The van der Waals surface area contributed by atoms with Gasteiger partial charge in [0.25, 0.3) is 5.91 Å². The molecule has 2 aromatic carbocycles. The molecule has 5 heteroatoms. The number of amides is 1. The molecule has 3 aromatic rings. The van der Waals surface area contributed by atoms with Crippen LogP contribution in [0.3, 0.4) is 0 Å². The number of nitrogens with one attached hydrogen (secondary N) is 2. The fourth-order valence-electron chi connectivity index (χ4n) is 2.71. The van der Waals surface area contributed by atoms with Crippen molar-refractivity contribution in [1.29, 1.82) is 0 Å². The van der Waals surface area contributed by atoms with Crippen LogP contribution in [-0.2, 0) is 4.79 Å². The summed E-state index contributed by atoms with van der Waals surface area (Å²) in [5, 5.41) is 13.2. The highest BCUT2D eigenvalue weighted by atomic mass is 16.4. The van der Waals surface area contributed by atoms with E-state index in [0.29, 0.717) is 5.56 Å². The van der Waals surface area contributed by atoms with Crippen molar-refractivity contribution in [3.8, 4) is 0 Å². The quantitative estimate of drug-likeness (QED) is 0.673. The molecule has 0 saturated carbocycles. The highest BCUT2D eigenvalue weighted by molar-refractivity contribution is 5.98. The summed E-state index contributed by atoms with van der Waals surface area (Å²) in [6.45, 7) is 1.59. The SMILES string of the molecule is C[C@@H](C(=O)O)[C@@H](NC(=O)c1ccc2cc[nH]c2c1)c1ccccc1. The summed E-state index contributed by atoms with van der Waals surface area (Å²) in [5.74, 6) is -2.00. The van der Waals surface area contributed by atoms with Gasteiger partial charge in [-0.3, -0.25) is 9.59 Å². The minimum absolute atomic E-state index is 0.298. The number of aromatic nitrogens is 1. The van der Waals surface area contributed by atoms with Crippen LogP contribution in [0.4, 0.5) is 0 Å². The Labute approximate surface area is 139 Å². The zero-order valence-corrected chi connectivity index (χ0v) is 13.2. The monoisotopic (exact) mass is 322 g/mol. The first kappa shape index (κ1) is 15.8. The highest BCUT2D eigenvalue weighted by Gasteiger charge is 2.27. The molecule has 0 radical (unpaired) electrons. The number of carbonyl (C=O) groups excluding carboxylic acids is 1. The van der Waals surface area contributed by atoms with Crippen LogP contribution in [0.25, 0.3) is 10.9 Å². The topological polar surface area (TPSA) is 82.2 Å². The first-order valence-electron chi connectivity index (χ1n) is 7.72. The van der Waals surface area contributed by atoms with Crippen molar-refractivity contribution in [2.24, 2.45) is 5.92 Å². The predicted octanol–water partition coefficient (Wildman–Crippen LogP) is 3.36. The van der Waals surface area contributed by atoms with Gasteiger partial charge in [0.05, 0.1) is 12.0 Å². The third-order valence-corrected chi connectivity index (χ3v) is 4.15. The number of hydrogen-bond donors (Lipinski definition) is 3. The summed E-state index contributed by atoms with van der Waals surface area (Å²) in [6, 6.07) is 15.8. The van der Waals surface area contributed by atoms with E-state index in [2.05, 4.69) is 10.3 Å². The second-order valence-corrected chi connectivity index (χ2v) is 5.77. The van der Waals surface area contributed by atoms with Gasteiger partial charge >= 0.3 is 5.97 Å². The maximum Gasteiger partial charge on any atom is 0.308 e. The van der Waals surface area contributed by atoms with E-state index in [1.54, 1.807) is 19.1 Å². The molecule has 3 N–H and O–H groups in total. The molecule has 0 aliphatic heterocycles. The van der Waals surface area contributed by atoms with E-state index in [1.807, 2.05) is 48.7 Å². The van der Waals surface area contributed by atoms with Crippen LogP contribution in [0.15, 0.2) is 60.8 Å². The Kier molecular flexibility index (Phi) is 4.33. The van der Waals surface area contributed by atoms with Crippen LogP contribution >= 0.6 is 0 Å². The largest absolute Gasteiger partial charge is 0.481 e. The van der Waals surface area contributed by atoms with E-state index in [0.717, 1.165) is 16.5 Å². The molecule has 1 aromatic heterocycles. The zero-order chi connectivity index (χ0) is 17.1. The summed E-state index contributed by atoms with van der Waals surface area (Å²) in [5.41, 5.74) is 2.12. The smallest absolute Gasteiger partial charge is 0.308 e. The Balaban J connectivity index is 1.88. The molecule has 0 aliphatic carbocycles. The fraction of sp³-hybridized carbons (Fsp3) is 0.158. The van der Waals surface area contributed by atoms with Crippen molar-refractivity contribution in [3.05, 3.63) is 71.9 Å². The van der Waals surface area contributed by atoms with Crippen molar-refractivity contribution in [2.45, 2.75) is 13.0 Å². The number of carboxylic acids is 1. The minimum atomic E-state index is -0.955. The summed E-state index contributed by atoms with van der Waals surface area (Å²) in [4.78, 5) is 27.1. The molecule has 1 amide bonds. The fourth-order valence-corrected chi connectivity index (χ4v) is 2.71. The van der Waals surface area contributed by atoms with Gasteiger partial charge in [-0.1, -0.05) is 36.4 Å². The lowest BCUT2D eigenvalue weighted by molar-refractivity contribution is -0.142. The van der Waals surface area contributed by atoms with Crippen molar-refractivity contribution >= 4 is 22.8 Å². The molecule has 3 rings (SSSR count). The first-order valence-corrected chi connectivity index (χ1v) is 7.72. The summed E-state index contributed by atoms with van der Waals surface area (Å²) < 4.78 is 0. The lowest BCUT2D eigenvalue weighted by atomic mass is 9.94. The Morgan fingerprint density at radius 2 is 1.83 bits per heavy atom. The molecule has 0 bridgehead atoms. The average molecular weight is 322 g/mol. The number of benzene rings is 2. The third kappa shape index (κ3) is 3.15. The molecule has 0 fully saturated rings. The van der Waals surface area contributed by atoms with Crippen molar-refractivity contribution < 1.29 is 14.7 Å². The van der Waals surface area contributed by atoms with Crippen molar-refractivity contribution in [1.82, 2.24) is 10.3 Å². The van der Waals surface area contributed by atoms with Crippen LogP contribution in [0.5, 0.6) is 0 Å². The molecule has 2 atom stereocenters. The Morgan fingerprint density at radius 3 is 2.54 bits per heavy atom. The van der Waals surface area contributed by atoms with Crippen molar-refractivity contribution in [3.63, 3.8) is 0 Å². The van der Waals surface area contributed by atoms with Gasteiger partial charge in [-0.05, 0) is 36.1 Å². The maximum absolute atomic E-state index is 12.6. The molecule has 5 nitrogen and oxygen atoms in total. The van der Waals surface area contributed by atoms with Crippen LogP contribution in [0, 0.1) is 5.92 Å². The number of rotatable bonds is 5. The van der Waals surface area contributed by atoms with Gasteiger partial charge in [0.15, 0.2) is 0 Å². The van der Waals surface area contributed by atoms with Crippen LogP contribution < -0.4 is 5.32 Å². The third-order valence-electron chi connectivity index (χ3n) is 4.15. The van der Waals surface area contributed by atoms with Crippen molar-refractivity contribution in [2.75, 3.05) is 0 Å². The maximum atomic E-state index is 12.6. The molecule has 0 saturated heterocycles. The lowest BCUT2D eigenvalue weighted by Gasteiger charge is -2.23. The van der Waals surface area contributed by atoms with Gasteiger partial charge in [0, 0.05) is 17.3 Å². The van der Waals surface area contributed by atoms with Gasteiger partial charge < -0.3 is 15.4 Å². The second kappa shape index (κ2) is 6.58. The molecule has 0 unspecified atom stereocenters. The Hall–Kier alpha value is -3.08. The molecule has 1 heterocycles. The van der Waals surface area contributed by atoms with E-state index < -0.39 is 17.9 Å². The molecule has 24 heavy (non-hydrogen) atoms. The second-order valence-electron chi connectivity index (χ2n) is 5.77. The molecular formula is C19H18N2O3. The van der Waals surface area contributed by atoms with Gasteiger partial charge in [-0.25, -0.2) is 0 Å². The molecule has 0 spiro atoms. The van der Waals surface area contributed by atoms with Crippen LogP contribution in [-0.4, -0.2) is 22.0 Å². The Bertz CT molecular complexity index is 870. The number of aromatic amines is 1. The number of carbonyl (C=O) groups is 2. The van der Waals surface area contributed by atoms with E-state index in [4.69, 9.17) is 0 Å². The van der Waals surface area contributed by atoms with E-state index in [1.165, 1.54) is 0 Å². The Morgan fingerprint density at radius 1 is 1.08 bits per heavy atom. The van der Waals surface area contributed by atoms with E-state index >= 15 is 0 Å². The van der Waals surface area contributed by atoms with Gasteiger partial charge in [-0.2, -0.15) is 0 Å². The van der Waals surface area contributed by atoms with Crippen LogP contribution in [0.2, 0.25) is 0 Å². The molecule has 0 aliphatic rings. The number of H-pyrrole nitrogens is 1. The summed E-state index contributed by atoms with van der Waals surface area (Å²) in [7, 11) is 0. The standard InChI is InChI=1S/C19H18N2O3/c1-12(19(23)24)17(14-5-3-2-4-6-14)21-18(22)15-8-7-13-9-10-20-16(13)11-15/h2-12,17,20H,1H3,(H,21,22)(H,23,24)/t12-,17-/m1/s1. The lowest BCUT2D eigenvalue weighted by Crippen LogP contribution is -2.35. The zero-order valence-electron chi connectivity index (χ0n) is 13.2. The van der Waals surface area contributed by atoms with Gasteiger partial charge in [0.2, 0.25) is 0 Å². The molecule has 122 valence electrons. The highest BCUT2D eigenvalue weighted by Crippen LogP contribution is 2.23. The summed E-state index contributed by atoms with van der Waals surface area (Å²) >= 11 is 0. The van der Waals surface area contributed by atoms with E-state index in [9.17, 15) is 14.7 Å². The number of hydrogen-bond acceptors (Lipinski definition) is 2.